The molecule has 1 saturated heterocycles. The minimum Gasteiger partial charge on any atom is -0.374 e. The first-order valence-corrected chi connectivity index (χ1v) is 12.3. The van der Waals surface area contributed by atoms with Gasteiger partial charge >= 0.3 is 0 Å². The van der Waals surface area contributed by atoms with E-state index >= 15 is 0 Å². The highest BCUT2D eigenvalue weighted by Crippen LogP contribution is 2.46. The number of benzene rings is 2. The van der Waals surface area contributed by atoms with Crippen LogP contribution in [0.15, 0.2) is 48.5 Å². The van der Waals surface area contributed by atoms with Crippen LogP contribution < -0.4 is 11.1 Å². The number of carbonyl (C=O) groups excluding carboxylic acids is 2. The molecule has 182 valence electrons. The van der Waals surface area contributed by atoms with E-state index < -0.39 is 11.6 Å². The number of amides is 2. The number of hydrogen-bond donors (Lipinski definition) is 2. The van der Waals surface area contributed by atoms with Crippen molar-refractivity contribution in [3.8, 4) is 0 Å². The van der Waals surface area contributed by atoms with Gasteiger partial charge in [0.05, 0.1) is 18.8 Å². The van der Waals surface area contributed by atoms with Gasteiger partial charge in [-0.1, -0.05) is 48.0 Å². The molecule has 0 bridgehead atoms. The number of nitrogens with zero attached hydrogens (tertiary/aromatic N) is 1. The van der Waals surface area contributed by atoms with Gasteiger partial charge in [0, 0.05) is 18.1 Å². The van der Waals surface area contributed by atoms with E-state index in [1.165, 1.54) is 11.1 Å². The first-order chi connectivity index (χ1) is 16.2. The molecule has 34 heavy (non-hydrogen) atoms. The molecule has 2 aromatic rings. The van der Waals surface area contributed by atoms with Gasteiger partial charge in [-0.05, 0) is 73.8 Å². The monoisotopic (exact) mass is 483 g/mol. The minimum absolute atomic E-state index is 0.0771. The molecule has 1 atom stereocenters. The second kappa shape index (κ2) is 10.1. The zero-order valence-corrected chi connectivity index (χ0v) is 20.7. The third-order valence-electron chi connectivity index (χ3n) is 7.15. The zero-order valence-electron chi connectivity index (χ0n) is 20.0. The molecule has 6 nitrogen and oxygen atoms in total. The van der Waals surface area contributed by atoms with Crippen LogP contribution in [0.1, 0.15) is 49.8 Å². The fraction of sp³-hybridized carbons (Fsp3) is 0.481. The molecular formula is C27H34ClN3O3. The van der Waals surface area contributed by atoms with E-state index in [4.69, 9.17) is 22.1 Å². The molecular weight excluding hydrogens is 450 g/mol. The summed E-state index contributed by atoms with van der Waals surface area (Å²) in [5, 5.41) is 3.48. The minimum atomic E-state index is -1.09. The lowest BCUT2D eigenvalue weighted by Gasteiger charge is -2.41. The normalized spacial score (nSPS) is 17.9. The first kappa shape index (κ1) is 24.7. The van der Waals surface area contributed by atoms with E-state index in [-0.39, 0.29) is 23.8 Å². The molecule has 7 heteroatoms. The van der Waals surface area contributed by atoms with E-state index in [1.54, 1.807) is 26.0 Å². The first-order valence-electron chi connectivity index (χ1n) is 12.0. The van der Waals surface area contributed by atoms with Gasteiger partial charge in [0.15, 0.2) is 0 Å². The predicted octanol–water partition coefficient (Wildman–Crippen LogP) is 3.59. The predicted molar refractivity (Wildman–Crippen MR) is 134 cm³/mol. The average Bonchev–Trinajstić information content (AvgIpc) is 3.17. The van der Waals surface area contributed by atoms with E-state index in [0.29, 0.717) is 24.7 Å². The van der Waals surface area contributed by atoms with Crippen LogP contribution >= 0.6 is 11.6 Å². The Balaban J connectivity index is 1.40. The highest BCUT2D eigenvalue weighted by molar-refractivity contribution is 6.30. The molecule has 1 spiro atoms. The molecule has 0 aromatic heterocycles. The van der Waals surface area contributed by atoms with E-state index in [2.05, 4.69) is 29.6 Å². The largest absolute Gasteiger partial charge is 0.374 e. The summed E-state index contributed by atoms with van der Waals surface area (Å²) < 4.78 is 5.84. The Morgan fingerprint density at radius 3 is 2.47 bits per heavy atom. The topological polar surface area (TPSA) is 84.7 Å². The molecule has 1 aliphatic heterocycles. The number of ether oxygens (including phenoxy) is 1. The number of rotatable bonds is 7. The highest BCUT2D eigenvalue weighted by atomic mass is 35.5. The summed E-state index contributed by atoms with van der Waals surface area (Å²) in [5.74, 6) is -0.492. The molecule has 4 rings (SSSR count). The van der Waals surface area contributed by atoms with Crippen molar-refractivity contribution in [1.82, 2.24) is 10.2 Å². The SMILES string of the molecule is CC(C)(N)C(=O)N[C@H](COCc1ccc(Cl)cc1)C(=O)N1CCC2(CCc3ccccc32)CC1. The summed E-state index contributed by atoms with van der Waals surface area (Å²) in [4.78, 5) is 27.9. The van der Waals surface area contributed by atoms with Crippen molar-refractivity contribution in [2.24, 2.45) is 5.73 Å². The molecule has 1 aliphatic carbocycles. The number of fused-ring (bicyclic) bond motifs is 2. The quantitative estimate of drug-likeness (QED) is 0.630. The Hall–Kier alpha value is -2.41. The van der Waals surface area contributed by atoms with Crippen LogP contribution in [0.25, 0.3) is 0 Å². The third-order valence-corrected chi connectivity index (χ3v) is 7.40. The summed E-state index contributed by atoms with van der Waals surface area (Å²) in [7, 11) is 0. The number of aryl methyl sites for hydroxylation is 1. The Labute approximate surface area is 206 Å². The number of hydrogen-bond acceptors (Lipinski definition) is 4. The van der Waals surface area contributed by atoms with Crippen molar-refractivity contribution < 1.29 is 14.3 Å². The lowest BCUT2D eigenvalue weighted by molar-refractivity contribution is -0.140. The number of nitrogens with one attached hydrogen (secondary N) is 1. The molecule has 0 saturated carbocycles. The lowest BCUT2D eigenvalue weighted by Crippen LogP contribution is -2.59. The molecule has 0 radical (unpaired) electrons. The van der Waals surface area contributed by atoms with Crippen LogP contribution in [0.3, 0.4) is 0 Å². The molecule has 0 unspecified atom stereocenters. The molecule has 2 aliphatic rings. The standard InChI is InChI=1S/C27H34ClN3O3/c1-26(2,29)25(33)30-23(18-34-17-19-7-9-21(28)10-8-19)24(32)31-15-13-27(14-16-31)12-11-20-5-3-4-6-22(20)27/h3-10,23H,11-18,29H2,1-2H3,(H,30,33)/t23-/m1/s1. The summed E-state index contributed by atoms with van der Waals surface area (Å²) in [6.07, 6.45) is 4.11. The van der Waals surface area contributed by atoms with E-state index in [0.717, 1.165) is 31.2 Å². The molecule has 2 aromatic carbocycles. The van der Waals surface area contributed by atoms with Crippen LogP contribution in [-0.4, -0.2) is 48.0 Å². The van der Waals surface area contributed by atoms with Crippen LogP contribution in [0.2, 0.25) is 5.02 Å². The average molecular weight is 484 g/mol. The summed E-state index contributed by atoms with van der Waals surface area (Å²) >= 11 is 5.95. The molecule has 1 heterocycles. The number of likely N-dealkylation sites (tertiary alicyclic amines) is 1. The Bertz CT molecular complexity index is 1020. The van der Waals surface area contributed by atoms with Crippen molar-refractivity contribution in [1.29, 1.82) is 0 Å². The van der Waals surface area contributed by atoms with Crippen molar-refractivity contribution in [2.75, 3.05) is 19.7 Å². The molecule has 3 N–H and O–H groups in total. The van der Waals surface area contributed by atoms with Crippen LogP contribution in [0, 0.1) is 0 Å². The number of nitrogens with two attached hydrogens (primary N) is 1. The van der Waals surface area contributed by atoms with Gasteiger partial charge < -0.3 is 20.7 Å². The van der Waals surface area contributed by atoms with Crippen molar-refractivity contribution >= 4 is 23.4 Å². The Morgan fingerprint density at radius 1 is 1.12 bits per heavy atom. The Morgan fingerprint density at radius 2 is 1.79 bits per heavy atom. The van der Waals surface area contributed by atoms with E-state index in [1.807, 2.05) is 17.0 Å². The van der Waals surface area contributed by atoms with Crippen molar-refractivity contribution in [3.05, 3.63) is 70.2 Å². The van der Waals surface area contributed by atoms with Gasteiger partial charge in [-0.25, -0.2) is 0 Å². The lowest BCUT2D eigenvalue weighted by atomic mass is 9.74. The molecule has 2 amide bonds. The second-order valence-electron chi connectivity index (χ2n) is 10.2. The van der Waals surface area contributed by atoms with Crippen LogP contribution in [0.5, 0.6) is 0 Å². The molecule has 1 fully saturated rings. The maximum Gasteiger partial charge on any atom is 0.247 e. The fourth-order valence-corrected chi connectivity index (χ4v) is 5.18. The van der Waals surface area contributed by atoms with Crippen LogP contribution in [-0.2, 0) is 32.8 Å². The maximum atomic E-state index is 13.5. The number of halogens is 1. The van der Waals surface area contributed by atoms with Crippen molar-refractivity contribution in [2.45, 2.75) is 63.1 Å². The van der Waals surface area contributed by atoms with Gasteiger partial charge in [-0.2, -0.15) is 0 Å². The summed E-state index contributed by atoms with van der Waals surface area (Å²) in [6.45, 7) is 4.99. The van der Waals surface area contributed by atoms with Gasteiger partial charge in [0.25, 0.3) is 0 Å². The second-order valence-corrected chi connectivity index (χ2v) is 10.6. The zero-order chi connectivity index (χ0) is 24.3. The van der Waals surface area contributed by atoms with E-state index in [9.17, 15) is 9.59 Å². The fourth-order valence-electron chi connectivity index (χ4n) is 5.05. The summed E-state index contributed by atoms with van der Waals surface area (Å²) in [5.41, 5.74) is 8.88. The van der Waals surface area contributed by atoms with Gasteiger partial charge in [0.1, 0.15) is 6.04 Å². The number of carbonyl (C=O) groups is 2. The maximum absolute atomic E-state index is 13.5. The third kappa shape index (κ3) is 5.45. The van der Waals surface area contributed by atoms with Gasteiger partial charge in [-0.15, -0.1) is 0 Å². The van der Waals surface area contributed by atoms with Gasteiger partial charge in [0.2, 0.25) is 11.8 Å². The number of piperidine rings is 1. The van der Waals surface area contributed by atoms with Crippen molar-refractivity contribution in [3.63, 3.8) is 0 Å². The van der Waals surface area contributed by atoms with Gasteiger partial charge in [-0.3, -0.25) is 9.59 Å². The summed E-state index contributed by atoms with van der Waals surface area (Å²) in [6, 6.07) is 15.3. The van der Waals surface area contributed by atoms with Crippen LogP contribution in [0.4, 0.5) is 0 Å². The Kier molecular flexibility index (Phi) is 7.31. The highest BCUT2D eigenvalue weighted by Gasteiger charge is 2.42. The smallest absolute Gasteiger partial charge is 0.247 e.